The summed E-state index contributed by atoms with van der Waals surface area (Å²) in [5, 5.41) is 2.96. The number of nitrogens with one attached hydrogen (secondary N) is 1. The summed E-state index contributed by atoms with van der Waals surface area (Å²) in [5.74, 6) is 0.773. The van der Waals surface area contributed by atoms with Crippen LogP contribution >= 0.6 is 0 Å². The maximum absolute atomic E-state index is 12.2. The molecule has 2 amide bonds. The average Bonchev–Trinajstić information content (AvgIpc) is 3.07. The topological polar surface area (TPSA) is 52.0 Å². The molecule has 1 fully saturated rings. The maximum atomic E-state index is 12.2. The number of rotatable bonds is 6. The summed E-state index contributed by atoms with van der Waals surface area (Å²) in [4.78, 5) is 18.7. The molecule has 1 aromatic rings. The van der Waals surface area contributed by atoms with Crippen molar-refractivity contribution in [1.82, 2.24) is 20.0 Å². The first-order valence-corrected chi connectivity index (χ1v) is 8.41. The van der Waals surface area contributed by atoms with Crippen molar-refractivity contribution in [3.63, 3.8) is 0 Å². The third-order valence-electron chi connectivity index (χ3n) is 4.76. The average molecular weight is 322 g/mol. The van der Waals surface area contributed by atoms with Crippen LogP contribution in [0.15, 0.2) is 22.8 Å². The summed E-state index contributed by atoms with van der Waals surface area (Å²) >= 11 is 0. The number of carbonyl (C=O) groups is 1. The second kappa shape index (κ2) is 8.36. The predicted molar refractivity (Wildman–Crippen MR) is 91.4 cm³/mol. The lowest BCUT2D eigenvalue weighted by Crippen LogP contribution is -2.46. The highest BCUT2D eigenvalue weighted by Crippen LogP contribution is 2.14. The number of piperidine rings is 1. The van der Waals surface area contributed by atoms with Gasteiger partial charge >= 0.3 is 6.03 Å². The number of amides is 2. The minimum Gasteiger partial charge on any atom is -0.467 e. The molecular formula is C17H30N4O2. The molecule has 0 aromatic carbocycles. The number of urea groups is 1. The van der Waals surface area contributed by atoms with Gasteiger partial charge in [0.15, 0.2) is 0 Å². The zero-order valence-electron chi connectivity index (χ0n) is 14.8. The standard InChI is InChI=1S/C17H30N4O2/c1-14(16-6-5-13-23-16)18-17(22)21(4)12-11-20(3)15-7-9-19(2)10-8-15/h5-6,13-15H,7-12H2,1-4H3,(H,18,22). The van der Waals surface area contributed by atoms with E-state index in [-0.39, 0.29) is 12.1 Å². The summed E-state index contributed by atoms with van der Waals surface area (Å²) in [6.07, 6.45) is 4.04. The summed E-state index contributed by atoms with van der Waals surface area (Å²) < 4.78 is 5.32. The molecule has 0 aliphatic carbocycles. The molecule has 2 rings (SSSR count). The van der Waals surface area contributed by atoms with Crippen LogP contribution in [-0.2, 0) is 0 Å². The molecule has 1 aliphatic rings. The molecule has 1 N–H and O–H groups in total. The van der Waals surface area contributed by atoms with Crippen LogP contribution in [0.25, 0.3) is 0 Å². The Morgan fingerprint density at radius 3 is 2.70 bits per heavy atom. The second-order valence-corrected chi connectivity index (χ2v) is 6.62. The van der Waals surface area contributed by atoms with Gasteiger partial charge in [-0.1, -0.05) is 0 Å². The second-order valence-electron chi connectivity index (χ2n) is 6.62. The highest BCUT2D eigenvalue weighted by atomic mass is 16.3. The van der Waals surface area contributed by atoms with Gasteiger partial charge in [0.1, 0.15) is 5.76 Å². The van der Waals surface area contributed by atoms with E-state index in [9.17, 15) is 4.79 Å². The van der Waals surface area contributed by atoms with Gasteiger partial charge in [0.25, 0.3) is 0 Å². The molecule has 6 heteroatoms. The summed E-state index contributed by atoms with van der Waals surface area (Å²) in [5.41, 5.74) is 0. The van der Waals surface area contributed by atoms with Gasteiger partial charge in [-0.15, -0.1) is 0 Å². The third kappa shape index (κ3) is 5.25. The number of likely N-dealkylation sites (tertiary alicyclic amines) is 1. The molecule has 0 saturated carbocycles. The van der Waals surface area contributed by atoms with E-state index in [0.29, 0.717) is 6.04 Å². The van der Waals surface area contributed by atoms with Crippen molar-refractivity contribution in [2.75, 3.05) is 47.3 Å². The Bertz CT molecular complexity index is 469. The van der Waals surface area contributed by atoms with Gasteiger partial charge in [0, 0.05) is 26.2 Å². The predicted octanol–water partition coefficient (Wildman–Crippen LogP) is 2.01. The van der Waals surface area contributed by atoms with Crippen LogP contribution < -0.4 is 5.32 Å². The van der Waals surface area contributed by atoms with Crippen molar-refractivity contribution in [1.29, 1.82) is 0 Å². The van der Waals surface area contributed by atoms with Crippen LogP contribution in [0.5, 0.6) is 0 Å². The summed E-state index contributed by atoms with van der Waals surface area (Å²) in [6, 6.07) is 4.15. The van der Waals surface area contributed by atoms with E-state index in [2.05, 4.69) is 29.2 Å². The van der Waals surface area contributed by atoms with E-state index < -0.39 is 0 Å². The van der Waals surface area contributed by atoms with E-state index in [1.807, 2.05) is 26.1 Å². The fourth-order valence-electron chi connectivity index (χ4n) is 2.93. The fourth-order valence-corrected chi connectivity index (χ4v) is 2.93. The van der Waals surface area contributed by atoms with E-state index >= 15 is 0 Å². The molecular weight excluding hydrogens is 292 g/mol. The molecule has 0 spiro atoms. The lowest BCUT2D eigenvalue weighted by Gasteiger charge is -2.35. The van der Waals surface area contributed by atoms with Crippen LogP contribution in [0.1, 0.15) is 31.6 Å². The van der Waals surface area contributed by atoms with Crippen LogP contribution in [0.3, 0.4) is 0 Å². The Hall–Kier alpha value is -1.53. The number of carbonyl (C=O) groups excluding carboxylic acids is 1. The van der Waals surface area contributed by atoms with Crippen molar-refractivity contribution in [3.8, 4) is 0 Å². The van der Waals surface area contributed by atoms with Gasteiger partial charge in [-0.05, 0) is 59.1 Å². The Morgan fingerprint density at radius 1 is 1.39 bits per heavy atom. The van der Waals surface area contributed by atoms with Crippen molar-refractivity contribution in [2.24, 2.45) is 0 Å². The SMILES string of the molecule is CC(NC(=O)N(C)CCN(C)C1CCN(C)CC1)c1ccco1. The molecule has 0 bridgehead atoms. The molecule has 23 heavy (non-hydrogen) atoms. The first kappa shape index (κ1) is 17.8. The van der Waals surface area contributed by atoms with E-state index in [0.717, 1.165) is 31.9 Å². The third-order valence-corrected chi connectivity index (χ3v) is 4.76. The Balaban J connectivity index is 1.71. The maximum Gasteiger partial charge on any atom is 0.317 e. The Kier molecular flexibility index (Phi) is 6.47. The van der Waals surface area contributed by atoms with Gasteiger partial charge in [-0.3, -0.25) is 0 Å². The van der Waals surface area contributed by atoms with Crippen molar-refractivity contribution in [2.45, 2.75) is 31.8 Å². The Labute approximate surface area is 139 Å². The van der Waals surface area contributed by atoms with Crippen molar-refractivity contribution in [3.05, 3.63) is 24.2 Å². The largest absolute Gasteiger partial charge is 0.467 e. The number of furan rings is 1. The van der Waals surface area contributed by atoms with E-state index in [1.165, 1.54) is 12.8 Å². The highest BCUT2D eigenvalue weighted by Gasteiger charge is 2.21. The summed E-state index contributed by atoms with van der Waals surface area (Å²) in [6.45, 7) is 5.86. The molecule has 6 nitrogen and oxygen atoms in total. The molecule has 2 heterocycles. The van der Waals surface area contributed by atoms with Gasteiger partial charge in [0.05, 0.1) is 12.3 Å². The van der Waals surface area contributed by atoms with Gasteiger partial charge in [-0.2, -0.15) is 0 Å². The smallest absolute Gasteiger partial charge is 0.317 e. The monoisotopic (exact) mass is 322 g/mol. The first-order chi connectivity index (χ1) is 11.0. The number of hydrogen-bond acceptors (Lipinski definition) is 4. The van der Waals surface area contributed by atoms with E-state index in [1.54, 1.807) is 11.2 Å². The quantitative estimate of drug-likeness (QED) is 0.870. The molecule has 0 radical (unpaired) electrons. The number of hydrogen-bond donors (Lipinski definition) is 1. The van der Waals surface area contributed by atoms with Gasteiger partial charge < -0.3 is 24.4 Å². The molecule has 1 unspecified atom stereocenters. The number of likely N-dealkylation sites (N-methyl/N-ethyl adjacent to an activating group) is 2. The zero-order chi connectivity index (χ0) is 16.8. The summed E-state index contributed by atoms with van der Waals surface area (Å²) in [7, 11) is 6.18. The first-order valence-electron chi connectivity index (χ1n) is 8.41. The van der Waals surface area contributed by atoms with Gasteiger partial charge in [-0.25, -0.2) is 4.79 Å². The Morgan fingerprint density at radius 2 is 2.09 bits per heavy atom. The van der Waals surface area contributed by atoms with Crippen molar-refractivity contribution < 1.29 is 9.21 Å². The lowest BCUT2D eigenvalue weighted by molar-refractivity contribution is 0.134. The van der Waals surface area contributed by atoms with Crippen molar-refractivity contribution >= 4 is 6.03 Å². The van der Waals surface area contributed by atoms with Crippen LogP contribution in [0.4, 0.5) is 4.79 Å². The zero-order valence-corrected chi connectivity index (χ0v) is 14.8. The molecule has 1 atom stereocenters. The normalized spacial score (nSPS) is 18.1. The minimum atomic E-state index is -0.119. The van der Waals surface area contributed by atoms with Crippen LogP contribution in [0.2, 0.25) is 0 Å². The lowest BCUT2D eigenvalue weighted by atomic mass is 10.0. The highest BCUT2D eigenvalue weighted by molar-refractivity contribution is 5.74. The van der Waals surface area contributed by atoms with E-state index in [4.69, 9.17) is 4.42 Å². The fraction of sp³-hybridized carbons (Fsp3) is 0.706. The van der Waals surface area contributed by atoms with Gasteiger partial charge in [0.2, 0.25) is 0 Å². The van der Waals surface area contributed by atoms with Crippen LogP contribution in [0, 0.1) is 0 Å². The molecule has 130 valence electrons. The minimum absolute atomic E-state index is 0.0642. The molecule has 1 aliphatic heterocycles. The van der Waals surface area contributed by atoms with Crippen LogP contribution in [-0.4, -0.2) is 74.1 Å². The number of nitrogens with zero attached hydrogens (tertiary/aromatic N) is 3. The molecule has 1 saturated heterocycles. The molecule has 1 aromatic heterocycles.